The molecule has 0 aliphatic rings. The molecule has 0 amide bonds. The second kappa shape index (κ2) is 5.14. The van der Waals surface area contributed by atoms with Gasteiger partial charge in [-0.05, 0) is 24.6 Å². The maximum Gasteiger partial charge on any atom is -0.00365 e. The fourth-order valence-corrected chi connectivity index (χ4v) is 0.507. The fourth-order valence-electron chi connectivity index (χ4n) is 0.507. The normalized spacial score (nSPS) is 10.4. The van der Waals surface area contributed by atoms with Gasteiger partial charge >= 0.3 is 0 Å². The van der Waals surface area contributed by atoms with Gasteiger partial charge in [-0.15, -0.1) is 6.42 Å². The molecule has 0 aliphatic carbocycles. The van der Waals surface area contributed by atoms with E-state index in [2.05, 4.69) is 12.5 Å². The molecule has 0 aliphatic heterocycles. The second-order valence-corrected chi connectivity index (χ2v) is 1.63. The zero-order chi connectivity index (χ0) is 7.11. The van der Waals surface area contributed by atoms with Crippen LogP contribution in [-0.4, -0.2) is 6.54 Å². The first-order valence-corrected chi connectivity index (χ1v) is 2.82. The summed E-state index contributed by atoms with van der Waals surface area (Å²) in [5.41, 5.74) is 6.31. The summed E-state index contributed by atoms with van der Waals surface area (Å²) in [6.07, 6.45) is 9.24. The Hall–Kier alpha value is -1.00. The van der Waals surface area contributed by atoms with Crippen molar-refractivity contribution < 1.29 is 0 Å². The molecule has 0 rings (SSSR count). The van der Waals surface area contributed by atoms with Crippen molar-refractivity contribution in [3.8, 4) is 12.3 Å². The van der Waals surface area contributed by atoms with Crippen LogP contribution in [0.4, 0.5) is 0 Å². The molecule has 0 aromatic rings. The highest BCUT2D eigenvalue weighted by Gasteiger charge is 1.84. The summed E-state index contributed by atoms with van der Waals surface area (Å²) in [5, 5.41) is 0. The molecule has 0 heterocycles. The third-order valence-corrected chi connectivity index (χ3v) is 0.964. The van der Waals surface area contributed by atoms with Gasteiger partial charge in [-0.3, -0.25) is 0 Å². The topological polar surface area (TPSA) is 26.0 Å². The van der Waals surface area contributed by atoms with Gasteiger partial charge in [0, 0.05) is 0 Å². The first kappa shape index (κ1) is 8.00. The number of terminal acetylenes is 1. The molecule has 1 heteroatoms. The molecular weight excluding hydrogens is 110 g/mol. The van der Waals surface area contributed by atoms with Crippen LogP contribution in [-0.2, 0) is 0 Å². The van der Waals surface area contributed by atoms with Crippen molar-refractivity contribution in [3.05, 3.63) is 24.3 Å². The first-order valence-electron chi connectivity index (χ1n) is 2.82. The number of hydrogen-bond donors (Lipinski definition) is 1. The van der Waals surface area contributed by atoms with E-state index in [0.29, 0.717) is 6.54 Å². The Morgan fingerprint density at radius 1 is 1.78 bits per heavy atom. The highest BCUT2D eigenvalue weighted by atomic mass is 14.5. The molecule has 0 fully saturated rings. The van der Waals surface area contributed by atoms with Crippen molar-refractivity contribution in [1.82, 2.24) is 0 Å². The van der Waals surface area contributed by atoms with Gasteiger partial charge in [0.1, 0.15) is 0 Å². The SMILES string of the molecule is C#C/C=C(\C=C)CCN. The molecule has 48 valence electrons. The molecule has 9 heavy (non-hydrogen) atoms. The molecule has 0 saturated carbocycles. The predicted octanol–water partition coefficient (Wildman–Crippen LogP) is 1.08. The van der Waals surface area contributed by atoms with Crippen LogP contribution in [0.15, 0.2) is 24.3 Å². The van der Waals surface area contributed by atoms with E-state index in [4.69, 9.17) is 12.2 Å². The van der Waals surface area contributed by atoms with E-state index in [9.17, 15) is 0 Å². The molecule has 0 atom stereocenters. The largest absolute Gasteiger partial charge is 0.330 e. The number of nitrogens with two attached hydrogens (primary N) is 1. The van der Waals surface area contributed by atoms with Crippen LogP contribution in [0.1, 0.15) is 6.42 Å². The quantitative estimate of drug-likeness (QED) is 0.439. The second-order valence-electron chi connectivity index (χ2n) is 1.63. The van der Waals surface area contributed by atoms with Crippen molar-refractivity contribution in [2.24, 2.45) is 5.73 Å². The molecule has 0 aromatic carbocycles. The van der Waals surface area contributed by atoms with E-state index >= 15 is 0 Å². The molecule has 2 N–H and O–H groups in total. The van der Waals surface area contributed by atoms with E-state index in [1.807, 2.05) is 0 Å². The summed E-state index contributed by atoms with van der Waals surface area (Å²) in [6.45, 7) is 4.20. The minimum absolute atomic E-state index is 0.625. The van der Waals surface area contributed by atoms with Crippen LogP contribution in [0.3, 0.4) is 0 Å². The van der Waals surface area contributed by atoms with Crippen LogP contribution >= 0.6 is 0 Å². The van der Waals surface area contributed by atoms with Crippen LogP contribution in [0.25, 0.3) is 0 Å². The van der Waals surface area contributed by atoms with Crippen molar-refractivity contribution in [3.63, 3.8) is 0 Å². The lowest BCUT2D eigenvalue weighted by Crippen LogP contribution is -1.98. The standard InChI is InChI=1S/C8H11N/c1-3-5-8(4-2)6-7-9/h1,4-5H,2,6-7,9H2/b8-5+. The van der Waals surface area contributed by atoms with Crippen molar-refractivity contribution >= 4 is 0 Å². The summed E-state index contributed by atoms with van der Waals surface area (Å²) in [4.78, 5) is 0. The Kier molecular flexibility index (Phi) is 4.57. The van der Waals surface area contributed by atoms with Gasteiger partial charge in [0.25, 0.3) is 0 Å². The van der Waals surface area contributed by atoms with Gasteiger partial charge in [-0.25, -0.2) is 0 Å². The van der Waals surface area contributed by atoms with Crippen molar-refractivity contribution in [2.45, 2.75) is 6.42 Å². The van der Waals surface area contributed by atoms with Gasteiger partial charge in [0.2, 0.25) is 0 Å². The van der Waals surface area contributed by atoms with E-state index < -0.39 is 0 Å². The Labute approximate surface area is 56.3 Å². The molecular formula is C8H11N. The highest BCUT2D eigenvalue weighted by Crippen LogP contribution is 1.98. The van der Waals surface area contributed by atoms with E-state index in [1.165, 1.54) is 0 Å². The summed E-state index contributed by atoms with van der Waals surface area (Å²) in [7, 11) is 0. The summed E-state index contributed by atoms with van der Waals surface area (Å²) in [6, 6.07) is 0. The van der Waals surface area contributed by atoms with E-state index in [-0.39, 0.29) is 0 Å². The van der Waals surface area contributed by atoms with Gasteiger partial charge in [0.05, 0.1) is 0 Å². The molecule has 0 bridgehead atoms. The van der Waals surface area contributed by atoms with Gasteiger partial charge in [-0.2, -0.15) is 0 Å². The number of rotatable bonds is 3. The van der Waals surface area contributed by atoms with Gasteiger partial charge < -0.3 is 5.73 Å². The molecule has 0 aromatic heterocycles. The lowest BCUT2D eigenvalue weighted by Gasteiger charge is -1.93. The van der Waals surface area contributed by atoms with Gasteiger partial charge in [0.15, 0.2) is 0 Å². The van der Waals surface area contributed by atoms with E-state index in [1.54, 1.807) is 12.2 Å². The number of allylic oxidation sites excluding steroid dienone is 2. The Morgan fingerprint density at radius 3 is 2.78 bits per heavy atom. The van der Waals surface area contributed by atoms with Crippen molar-refractivity contribution in [1.29, 1.82) is 0 Å². The molecule has 0 saturated heterocycles. The third kappa shape index (κ3) is 3.57. The Bertz CT molecular complexity index is 148. The average molecular weight is 121 g/mol. The van der Waals surface area contributed by atoms with Gasteiger partial charge in [-0.1, -0.05) is 18.6 Å². The summed E-state index contributed by atoms with van der Waals surface area (Å²) < 4.78 is 0. The molecule has 0 spiro atoms. The molecule has 1 nitrogen and oxygen atoms in total. The molecule has 0 radical (unpaired) electrons. The summed E-state index contributed by atoms with van der Waals surface area (Å²) >= 11 is 0. The maximum absolute atomic E-state index is 5.28. The first-order chi connectivity index (χ1) is 4.35. The van der Waals surface area contributed by atoms with E-state index in [0.717, 1.165) is 12.0 Å². The maximum atomic E-state index is 5.28. The Balaban J connectivity index is 3.85. The predicted molar refractivity (Wildman–Crippen MR) is 40.8 cm³/mol. The van der Waals surface area contributed by atoms with Crippen LogP contribution in [0.5, 0.6) is 0 Å². The highest BCUT2D eigenvalue weighted by molar-refractivity contribution is 5.25. The fraction of sp³-hybridized carbons (Fsp3) is 0.250. The van der Waals surface area contributed by atoms with Crippen molar-refractivity contribution in [2.75, 3.05) is 6.54 Å². The minimum atomic E-state index is 0.625. The monoisotopic (exact) mass is 121 g/mol. The van der Waals surface area contributed by atoms with Crippen LogP contribution < -0.4 is 5.73 Å². The Morgan fingerprint density at radius 2 is 2.44 bits per heavy atom. The zero-order valence-electron chi connectivity index (χ0n) is 5.43. The van der Waals surface area contributed by atoms with Crippen LogP contribution in [0.2, 0.25) is 0 Å². The lowest BCUT2D eigenvalue weighted by atomic mass is 10.2. The number of hydrogen-bond acceptors (Lipinski definition) is 1. The zero-order valence-corrected chi connectivity index (χ0v) is 5.43. The van der Waals surface area contributed by atoms with Crippen LogP contribution in [0, 0.1) is 12.3 Å². The minimum Gasteiger partial charge on any atom is -0.330 e. The third-order valence-electron chi connectivity index (χ3n) is 0.964. The summed E-state index contributed by atoms with van der Waals surface area (Å²) in [5.74, 6) is 2.41. The average Bonchev–Trinajstić information content (AvgIpc) is 1.88. The lowest BCUT2D eigenvalue weighted by molar-refractivity contribution is 0.975. The smallest absolute Gasteiger partial charge is 0.00365 e. The molecule has 0 unspecified atom stereocenters.